The lowest BCUT2D eigenvalue weighted by molar-refractivity contribution is 0.247. The summed E-state index contributed by atoms with van der Waals surface area (Å²) in [6, 6.07) is -0.942. The molecule has 0 aromatic heterocycles. The van der Waals surface area contributed by atoms with Gasteiger partial charge in [-0.3, -0.25) is 0 Å². The van der Waals surface area contributed by atoms with Crippen molar-refractivity contribution in [2.45, 2.75) is 18.6 Å². The maximum Gasteiger partial charge on any atom is 0.312 e. The highest BCUT2D eigenvalue weighted by Crippen LogP contribution is 2.24. The lowest BCUT2D eigenvalue weighted by Gasteiger charge is -1.92. The number of amides is 2. The van der Waals surface area contributed by atoms with Crippen molar-refractivity contribution in [1.82, 2.24) is 5.32 Å². The number of primary amides is 1. The zero-order valence-electron chi connectivity index (χ0n) is 4.23. The molecule has 0 aromatic carbocycles. The van der Waals surface area contributed by atoms with Gasteiger partial charge in [0.05, 0.1) is 6.04 Å². The van der Waals surface area contributed by atoms with Gasteiger partial charge in [0, 0.05) is 6.42 Å². The van der Waals surface area contributed by atoms with Gasteiger partial charge in [-0.05, 0) is 0 Å². The van der Waals surface area contributed by atoms with Crippen LogP contribution >= 0.6 is 0 Å². The smallest absolute Gasteiger partial charge is 0.312 e. The highest BCUT2D eigenvalue weighted by Gasteiger charge is 2.38. The number of halogens is 1. The number of hydrogen-bond donors (Lipinski definition) is 2. The molecule has 0 radical (unpaired) electrons. The monoisotopic (exact) mass is 118 g/mol. The Kier molecular flexibility index (Phi) is 1.08. The molecular formula is C4H7FN2O. The molecule has 1 aliphatic rings. The predicted octanol–water partition coefficient (Wildman–Crippen LogP) is -0.235. The van der Waals surface area contributed by atoms with Gasteiger partial charge in [-0.15, -0.1) is 0 Å². The topological polar surface area (TPSA) is 55.1 Å². The summed E-state index contributed by atoms with van der Waals surface area (Å²) in [6.45, 7) is 0. The van der Waals surface area contributed by atoms with Crippen LogP contribution in [0.4, 0.5) is 9.18 Å². The van der Waals surface area contributed by atoms with Crippen molar-refractivity contribution in [3.63, 3.8) is 0 Å². The second-order valence-electron chi connectivity index (χ2n) is 1.87. The molecule has 3 nitrogen and oxygen atoms in total. The van der Waals surface area contributed by atoms with E-state index in [1.165, 1.54) is 0 Å². The van der Waals surface area contributed by atoms with E-state index >= 15 is 0 Å². The zero-order chi connectivity index (χ0) is 6.15. The van der Waals surface area contributed by atoms with Crippen molar-refractivity contribution in [3.8, 4) is 0 Å². The van der Waals surface area contributed by atoms with Crippen LogP contribution in [0.2, 0.25) is 0 Å². The molecule has 2 amide bonds. The third-order valence-corrected chi connectivity index (χ3v) is 1.04. The summed E-state index contributed by atoms with van der Waals surface area (Å²) in [5.74, 6) is 0. The highest BCUT2D eigenvalue weighted by molar-refractivity contribution is 5.72. The van der Waals surface area contributed by atoms with E-state index in [9.17, 15) is 9.18 Å². The normalized spacial score (nSPS) is 34.1. The fourth-order valence-electron chi connectivity index (χ4n) is 0.496. The minimum Gasteiger partial charge on any atom is -0.352 e. The number of hydrogen-bond acceptors (Lipinski definition) is 1. The molecule has 1 fully saturated rings. The van der Waals surface area contributed by atoms with E-state index in [4.69, 9.17) is 0 Å². The van der Waals surface area contributed by atoms with Crippen LogP contribution in [0.3, 0.4) is 0 Å². The van der Waals surface area contributed by atoms with Crippen molar-refractivity contribution in [3.05, 3.63) is 0 Å². The van der Waals surface area contributed by atoms with Crippen LogP contribution in [0.5, 0.6) is 0 Å². The molecule has 0 unspecified atom stereocenters. The van der Waals surface area contributed by atoms with Crippen LogP contribution in [-0.4, -0.2) is 18.2 Å². The predicted molar refractivity (Wildman–Crippen MR) is 26.0 cm³/mol. The van der Waals surface area contributed by atoms with Crippen LogP contribution in [0.1, 0.15) is 6.42 Å². The average Bonchev–Trinajstić information content (AvgIpc) is 2.17. The Labute approximate surface area is 46.0 Å². The standard InChI is InChI=1S/C4H7FN2O/c5-2-1-3(2)7-4(6)8/h2-3H,1H2,(H3,6,7,8)/t2-,3+/m0/s1. The van der Waals surface area contributed by atoms with Gasteiger partial charge in [0.1, 0.15) is 6.17 Å². The van der Waals surface area contributed by atoms with Crippen molar-refractivity contribution in [1.29, 1.82) is 0 Å². The van der Waals surface area contributed by atoms with Crippen molar-refractivity contribution in [2.75, 3.05) is 0 Å². The maximum atomic E-state index is 11.9. The fraction of sp³-hybridized carbons (Fsp3) is 0.750. The number of carbonyl (C=O) groups excluding carboxylic acids is 1. The molecule has 0 aromatic rings. The van der Waals surface area contributed by atoms with Crippen molar-refractivity contribution < 1.29 is 9.18 Å². The Morgan fingerprint density at radius 3 is 2.50 bits per heavy atom. The molecule has 1 rings (SSSR count). The Bertz CT molecular complexity index is 117. The van der Waals surface area contributed by atoms with Crippen LogP contribution in [-0.2, 0) is 0 Å². The van der Waals surface area contributed by atoms with Gasteiger partial charge in [0.15, 0.2) is 0 Å². The van der Waals surface area contributed by atoms with Crippen molar-refractivity contribution in [2.24, 2.45) is 5.73 Å². The first-order valence-corrected chi connectivity index (χ1v) is 2.40. The van der Waals surface area contributed by atoms with E-state index in [2.05, 4.69) is 11.1 Å². The molecule has 0 bridgehead atoms. The highest BCUT2D eigenvalue weighted by atomic mass is 19.1. The molecule has 1 aliphatic carbocycles. The first-order chi connectivity index (χ1) is 3.70. The number of nitrogens with two attached hydrogens (primary N) is 1. The lowest BCUT2D eigenvalue weighted by atomic mass is 10.7. The second-order valence-corrected chi connectivity index (χ2v) is 1.87. The molecule has 0 saturated heterocycles. The van der Waals surface area contributed by atoms with Crippen LogP contribution in [0, 0.1) is 0 Å². The average molecular weight is 118 g/mol. The molecule has 4 heteroatoms. The maximum absolute atomic E-state index is 11.9. The summed E-state index contributed by atoms with van der Waals surface area (Å²) in [5.41, 5.74) is 4.68. The SMILES string of the molecule is NC(=O)N[C@@H]1C[C@@H]1F. The van der Waals surface area contributed by atoms with E-state index in [-0.39, 0.29) is 6.04 Å². The van der Waals surface area contributed by atoms with E-state index < -0.39 is 12.2 Å². The molecule has 0 spiro atoms. The number of carbonyl (C=O) groups is 1. The molecular weight excluding hydrogens is 111 g/mol. The molecule has 1 saturated carbocycles. The molecule has 2 atom stereocenters. The summed E-state index contributed by atoms with van der Waals surface area (Å²) in [4.78, 5) is 9.94. The van der Waals surface area contributed by atoms with Gasteiger partial charge in [-0.1, -0.05) is 0 Å². The molecule has 3 N–H and O–H groups in total. The molecule has 0 aliphatic heterocycles. The van der Waals surface area contributed by atoms with Gasteiger partial charge >= 0.3 is 6.03 Å². The third kappa shape index (κ3) is 1.08. The van der Waals surface area contributed by atoms with E-state index in [0.717, 1.165) is 0 Å². The first kappa shape index (κ1) is 5.34. The van der Waals surface area contributed by atoms with Gasteiger partial charge in [-0.2, -0.15) is 0 Å². The Morgan fingerprint density at radius 2 is 2.38 bits per heavy atom. The largest absolute Gasteiger partial charge is 0.352 e. The third-order valence-electron chi connectivity index (χ3n) is 1.04. The van der Waals surface area contributed by atoms with Gasteiger partial charge in [0.25, 0.3) is 0 Å². The number of rotatable bonds is 1. The van der Waals surface area contributed by atoms with E-state index in [1.54, 1.807) is 0 Å². The minimum atomic E-state index is -0.859. The zero-order valence-corrected chi connectivity index (χ0v) is 4.23. The van der Waals surface area contributed by atoms with Gasteiger partial charge in [-0.25, -0.2) is 9.18 Å². The van der Waals surface area contributed by atoms with E-state index in [1.807, 2.05) is 0 Å². The number of nitrogens with one attached hydrogen (secondary N) is 1. The molecule has 0 heterocycles. The Morgan fingerprint density at radius 1 is 1.88 bits per heavy atom. The first-order valence-electron chi connectivity index (χ1n) is 2.40. The lowest BCUT2D eigenvalue weighted by Crippen LogP contribution is -2.32. The minimum absolute atomic E-state index is 0.299. The molecule has 8 heavy (non-hydrogen) atoms. The Hall–Kier alpha value is -0.800. The summed E-state index contributed by atoms with van der Waals surface area (Å²) >= 11 is 0. The number of urea groups is 1. The van der Waals surface area contributed by atoms with Gasteiger partial charge in [0.2, 0.25) is 0 Å². The van der Waals surface area contributed by atoms with Crippen LogP contribution in [0.25, 0.3) is 0 Å². The number of alkyl halides is 1. The summed E-state index contributed by atoms with van der Waals surface area (Å²) in [7, 11) is 0. The van der Waals surface area contributed by atoms with Crippen LogP contribution < -0.4 is 11.1 Å². The fourth-order valence-corrected chi connectivity index (χ4v) is 0.496. The summed E-state index contributed by atoms with van der Waals surface area (Å²) in [5, 5.41) is 2.23. The molecule has 46 valence electrons. The van der Waals surface area contributed by atoms with E-state index in [0.29, 0.717) is 6.42 Å². The summed E-state index contributed by atoms with van der Waals surface area (Å²) in [6.07, 6.45) is -0.439. The second kappa shape index (κ2) is 1.61. The quantitative estimate of drug-likeness (QED) is 0.490. The van der Waals surface area contributed by atoms with Crippen molar-refractivity contribution >= 4 is 6.03 Å². The Balaban J connectivity index is 2.14. The summed E-state index contributed by atoms with van der Waals surface area (Å²) < 4.78 is 11.9. The van der Waals surface area contributed by atoms with Crippen LogP contribution in [0.15, 0.2) is 0 Å². The van der Waals surface area contributed by atoms with Gasteiger partial charge < -0.3 is 11.1 Å².